The summed E-state index contributed by atoms with van der Waals surface area (Å²) in [5.41, 5.74) is 1.37. The molecule has 0 N–H and O–H groups in total. The molecular formula is C14H10F2O2. The molecule has 4 heteroatoms. The number of ether oxygens (including phenoxy) is 1. The third-order valence-corrected chi connectivity index (χ3v) is 2.39. The van der Waals surface area contributed by atoms with Crippen LogP contribution in [0.15, 0.2) is 42.5 Å². The van der Waals surface area contributed by atoms with Crippen LogP contribution in [0.2, 0.25) is 0 Å². The van der Waals surface area contributed by atoms with Crippen molar-refractivity contribution in [2.45, 2.75) is 6.92 Å². The predicted molar refractivity (Wildman–Crippen MR) is 62.5 cm³/mol. The minimum Gasteiger partial charge on any atom is -0.423 e. The van der Waals surface area contributed by atoms with E-state index in [0.29, 0.717) is 5.56 Å². The molecule has 92 valence electrons. The molecule has 2 nitrogen and oxygen atoms in total. The van der Waals surface area contributed by atoms with Gasteiger partial charge < -0.3 is 4.74 Å². The third-order valence-electron chi connectivity index (χ3n) is 2.39. The average Bonchev–Trinajstić information content (AvgIpc) is 2.34. The molecule has 0 heterocycles. The largest absolute Gasteiger partial charge is 0.423 e. The van der Waals surface area contributed by atoms with E-state index in [0.717, 1.165) is 17.7 Å². The van der Waals surface area contributed by atoms with Gasteiger partial charge in [-0.25, -0.2) is 13.6 Å². The van der Waals surface area contributed by atoms with Crippen molar-refractivity contribution in [3.8, 4) is 5.75 Å². The molecule has 0 amide bonds. The van der Waals surface area contributed by atoms with Crippen molar-refractivity contribution in [1.82, 2.24) is 0 Å². The van der Waals surface area contributed by atoms with Gasteiger partial charge in [0.05, 0.1) is 5.56 Å². The lowest BCUT2D eigenvalue weighted by atomic mass is 10.1. The van der Waals surface area contributed by atoms with Crippen LogP contribution >= 0.6 is 0 Å². The van der Waals surface area contributed by atoms with Crippen LogP contribution in [0.5, 0.6) is 5.75 Å². The van der Waals surface area contributed by atoms with Crippen molar-refractivity contribution < 1.29 is 18.3 Å². The van der Waals surface area contributed by atoms with E-state index in [4.69, 9.17) is 4.74 Å². The molecule has 0 unspecified atom stereocenters. The van der Waals surface area contributed by atoms with E-state index < -0.39 is 17.6 Å². The molecule has 0 saturated carbocycles. The Labute approximate surface area is 103 Å². The van der Waals surface area contributed by atoms with Crippen LogP contribution in [0.25, 0.3) is 0 Å². The summed E-state index contributed by atoms with van der Waals surface area (Å²) < 4.78 is 30.5. The van der Waals surface area contributed by atoms with E-state index in [1.54, 1.807) is 24.3 Å². The molecule has 0 radical (unpaired) electrons. The first-order valence-electron chi connectivity index (χ1n) is 5.30. The molecule has 2 rings (SSSR count). The zero-order valence-electron chi connectivity index (χ0n) is 9.61. The number of halogens is 2. The number of hydrogen-bond acceptors (Lipinski definition) is 2. The van der Waals surface area contributed by atoms with Crippen LogP contribution in [-0.4, -0.2) is 5.97 Å². The molecule has 0 aliphatic rings. The maximum Gasteiger partial charge on any atom is 0.343 e. The minimum atomic E-state index is -1.05. The second-order valence-electron chi connectivity index (χ2n) is 3.83. The van der Waals surface area contributed by atoms with E-state index in [9.17, 15) is 13.6 Å². The van der Waals surface area contributed by atoms with Crippen molar-refractivity contribution in [2.24, 2.45) is 0 Å². The lowest BCUT2D eigenvalue weighted by Crippen LogP contribution is -2.08. The fourth-order valence-electron chi connectivity index (χ4n) is 1.40. The van der Waals surface area contributed by atoms with E-state index >= 15 is 0 Å². The van der Waals surface area contributed by atoms with Gasteiger partial charge in [0.15, 0.2) is 11.6 Å². The molecule has 18 heavy (non-hydrogen) atoms. The molecule has 2 aromatic rings. The van der Waals surface area contributed by atoms with Crippen molar-refractivity contribution in [3.05, 3.63) is 65.2 Å². The lowest BCUT2D eigenvalue weighted by Gasteiger charge is -2.04. The highest BCUT2D eigenvalue weighted by Crippen LogP contribution is 2.17. The lowest BCUT2D eigenvalue weighted by molar-refractivity contribution is 0.0734. The van der Waals surface area contributed by atoms with Crippen LogP contribution in [0, 0.1) is 18.6 Å². The fourth-order valence-corrected chi connectivity index (χ4v) is 1.40. The van der Waals surface area contributed by atoms with Gasteiger partial charge in [-0.3, -0.25) is 0 Å². The van der Waals surface area contributed by atoms with Gasteiger partial charge in [0, 0.05) is 6.07 Å². The maximum atomic E-state index is 12.9. The molecule has 0 bridgehead atoms. The topological polar surface area (TPSA) is 26.3 Å². The number of carbonyl (C=O) groups excluding carboxylic acids is 1. The molecular weight excluding hydrogens is 238 g/mol. The zero-order chi connectivity index (χ0) is 13.1. The highest BCUT2D eigenvalue weighted by Gasteiger charge is 2.10. The highest BCUT2D eigenvalue weighted by molar-refractivity contribution is 5.91. The Kier molecular flexibility index (Phi) is 3.37. The van der Waals surface area contributed by atoms with Gasteiger partial charge in [-0.2, -0.15) is 0 Å². The van der Waals surface area contributed by atoms with Crippen LogP contribution in [0.1, 0.15) is 15.9 Å². The Morgan fingerprint density at radius 3 is 2.28 bits per heavy atom. The third kappa shape index (κ3) is 2.71. The smallest absolute Gasteiger partial charge is 0.343 e. The predicted octanol–water partition coefficient (Wildman–Crippen LogP) is 3.49. The zero-order valence-corrected chi connectivity index (χ0v) is 9.61. The Morgan fingerprint density at radius 1 is 1.00 bits per heavy atom. The molecule has 0 aromatic heterocycles. The van der Waals surface area contributed by atoms with Gasteiger partial charge in [-0.05, 0) is 31.2 Å². The fraction of sp³-hybridized carbons (Fsp3) is 0.0714. The summed E-state index contributed by atoms with van der Waals surface area (Å²) in [4.78, 5) is 11.7. The number of benzene rings is 2. The van der Waals surface area contributed by atoms with Crippen molar-refractivity contribution in [3.63, 3.8) is 0 Å². The summed E-state index contributed by atoms with van der Waals surface area (Å²) in [6.45, 7) is 1.89. The maximum absolute atomic E-state index is 12.9. The number of carbonyl (C=O) groups is 1. The van der Waals surface area contributed by atoms with Crippen molar-refractivity contribution in [1.29, 1.82) is 0 Å². The van der Waals surface area contributed by atoms with Gasteiger partial charge in [0.1, 0.15) is 5.75 Å². The SMILES string of the molecule is Cc1ccc(C(=O)Oc2ccc(F)c(F)c2)cc1. The number of esters is 1. The van der Waals surface area contributed by atoms with Gasteiger partial charge in [-0.1, -0.05) is 17.7 Å². The van der Waals surface area contributed by atoms with Crippen LogP contribution in [0.4, 0.5) is 8.78 Å². The first kappa shape index (κ1) is 12.2. The monoisotopic (exact) mass is 248 g/mol. The first-order valence-corrected chi connectivity index (χ1v) is 5.30. The molecule has 0 saturated heterocycles. The van der Waals surface area contributed by atoms with Gasteiger partial charge >= 0.3 is 5.97 Å². The summed E-state index contributed by atoms with van der Waals surface area (Å²) >= 11 is 0. The van der Waals surface area contributed by atoms with E-state index in [-0.39, 0.29) is 5.75 Å². The summed E-state index contributed by atoms with van der Waals surface area (Å²) in [7, 11) is 0. The number of hydrogen-bond donors (Lipinski definition) is 0. The molecule has 0 fully saturated rings. The van der Waals surface area contributed by atoms with Gasteiger partial charge in [-0.15, -0.1) is 0 Å². The number of aryl methyl sites for hydroxylation is 1. The quantitative estimate of drug-likeness (QED) is 0.600. The van der Waals surface area contributed by atoms with Crippen molar-refractivity contribution in [2.75, 3.05) is 0 Å². The van der Waals surface area contributed by atoms with Gasteiger partial charge in [0.25, 0.3) is 0 Å². The average molecular weight is 248 g/mol. The number of rotatable bonds is 2. The molecule has 0 aliphatic carbocycles. The van der Waals surface area contributed by atoms with E-state index in [1.165, 1.54) is 6.07 Å². The Bertz CT molecular complexity index is 577. The van der Waals surface area contributed by atoms with Gasteiger partial charge in [0.2, 0.25) is 0 Å². The standard InChI is InChI=1S/C14H10F2O2/c1-9-2-4-10(5-3-9)14(17)18-11-6-7-12(15)13(16)8-11/h2-8H,1H3. The first-order chi connectivity index (χ1) is 8.56. The van der Waals surface area contributed by atoms with Crippen molar-refractivity contribution >= 4 is 5.97 Å². The molecule has 2 aromatic carbocycles. The second kappa shape index (κ2) is 4.96. The Hall–Kier alpha value is -2.23. The Morgan fingerprint density at radius 2 is 1.67 bits per heavy atom. The summed E-state index contributed by atoms with van der Waals surface area (Å²) in [6.07, 6.45) is 0. The van der Waals surface area contributed by atoms with Crippen LogP contribution in [0.3, 0.4) is 0 Å². The summed E-state index contributed by atoms with van der Waals surface area (Å²) in [5, 5.41) is 0. The molecule has 0 spiro atoms. The van der Waals surface area contributed by atoms with Crippen LogP contribution < -0.4 is 4.74 Å². The Balaban J connectivity index is 2.16. The normalized spacial score (nSPS) is 10.2. The molecule has 0 aliphatic heterocycles. The van der Waals surface area contributed by atoms with E-state index in [1.807, 2.05) is 6.92 Å². The summed E-state index contributed by atoms with van der Waals surface area (Å²) in [5.74, 6) is -2.67. The minimum absolute atomic E-state index is 0.0283. The second-order valence-corrected chi connectivity index (χ2v) is 3.83. The summed E-state index contributed by atoms with van der Waals surface area (Å²) in [6, 6.07) is 9.69. The molecule has 0 atom stereocenters. The van der Waals surface area contributed by atoms with Crippen LogP contribution in [-0.2, 0) is 0 Å². The van der Waals surface area contributed by atoms with E-state index in [2.05, 4.69) is 0 Å². The highest BCUT2D eigenvalue weighted by atomic mass is 19.2.